The predicted molar refractivity (Wildman–Crippen MR) is 72.8 cm³/mol. The number of nitrogens with zero attached hydrogens (tertiary/aromatic N) is 3. The molecule has 1 heterocycles. The van der Waals surface area contributed by atoms with Gasteiger partial charge in [0, 0.05) is 38.3 Å². The van der Waals surface area contributed by atoms with Gasteiger partial charge in [-0.05, 0) is 35.0 Å². The summed E-state index contributed by atoms with van der Waals surface area (Å²) in [4.78, 5) is 17.9. The minimum absolute atomic E-state index is 0.0243. The van der Waals surface area contributed by atoms with Crippen molar-refractivity contribution >= 4 is 5.97 Å². The number of carboxylic acid groups (broad SMARTS) is 1. The van der Waals surface area contributed by atoms with Gasteiger partial charge in [0.2, 0.25) is 0 Å². The van der Waals surface area contributed by atoms with Crippen LogP contribution < -0.4 is 0 Å². The van der Waals surface area contributed by atoms with Crippen molar-refractivity contribution in [3.05, 3.63) is 0 Å². The molecule has 0 aromatic carbocycles. The molecule has 1 aliphatic rings. The number of hydrogen-bond acceptors (Lipinski definition) is 4. The van der Waals surface area contributed by atoms with Gasteiger partial charge in [0.15, 0.2) is 0 Å². The summed E-state index contributed by atoms with van der Waals surface area (Å²) >= 11 is 0. The summed E-state index contributed by atoms with van der Waals surface area (Å²) in [5, 5.41) is 9.28. The molecule has 1 rings (SSSR count). The number of rotatable bonds is 4. The van der Waals surface area contributed by atoms with Gasteiger partial charge >= 0.3 is 5.97 Å². The third kappa shape index (κ3) is 4.23. The van der Waals surface area contributed by atoms with Crippen molar-refractivity contribution < 1.29 is 9.90 Å². The van der Waals surface area contributed by atoms with E-state index in [1.807, 2.05) is 21.1 Å². The van der Waals surface area contributed by atoms with Crippen molar-refractivity contribution in [1.82, 2.24) is 14.7 Å². The first-order valence-corrected chi connectivity index (χ1v) is 6.53. The van der Waals surface area contributed by atoms with Crippen molar-refractivity contribution in [2.75, 3.05) is 53.9 Å². The van der Waals surface area contributed by atoms with Crippen LogP contribution in [0.2, 0.25) is 0 Å². The third-order valence-electron chi connectivity index (χ3n) is 3.83. The summed E-state index contributed by atoms with van der Waals surface area (Å²) in [5.41, 5.74) is 0.0243. The zero-order valence-corrected chi connectivity index (χ0v) is 12.3. The number of likely N-dealkylation sites (N-methyl/N-ethyl adjacent to an activating group) is 2. The molecular weight excluding hydrogens is 230 g/mol. The topological polar surface area (TPSA) is 47.0 Å². The molecule has 0 aromatic heterocycles. The molecule has 0 radical (unpaired) electrons. The van der Waals surface area contributed by atoms with E-state index in [4.69, 9.17) is 0 Å². The smallest absolute Gasteiger partial charge is 0.309 e. The van der Waals surface area contributed by atoms with Gasteiger partial charge in [-0.15, -0.1) is 0 Å². The lowest BCUT2D eigenvalue weighted by Crippen LogP contribution is -2.48. The van der Waals surface area contributed by atoms with E-state index >= 15 is 0 Å². The lowest BCUT2D eigenvalue weighted by Gasteiger charge is -2.36. The maximum Gasteiger partial charge on any atom is 0.309 e. The Hall–Kier alpha value is -0.650. The molecule has 0 amide bonds. The zero-order chi connectivity index (χ0) is 13.9. The van der Waals surface area contributed by atoms with Gasteiger partial charge in [0.05, 0.1) is 5.92 Å². The summed E-state index contributed by atoms with van der Waals surface area (Å²) < 4.78 is 0. The van der Waals surface area contributed by atoms with E-state index in [-0.39, 0.29) is 11.5 Å². The summed E-state index contributed by atoms with van der Waals surface area (Å²) in [7, 11) is 6.11. The minimum atomic E-state index is -0.686. The van der Waals surface area contributed by atoms with Crippen LogP contribution in [0.1, 0.15) is 13.8 Å². The highest BCUT2D eigenvalue weighted by molar-refractivity contribution is 5.70. The van der Waals surface area contributed by atoms with Crippen LogP contribution in [0.15, 0.2) is 0 Å². The Labute approximate surface area is 110 Å². The monoisotopic (exact) mass is 257 g/mol. The molecule has 1 aliphatic heterocycles. The Morgan fingerprint density at radius 2 is 2.00 bits per heavy atom. The number of carbonyl (C=O) groups is 1. The maximum atomic E-state index is 11.3. The van der Waals surface area contributed by atoms with Gasteiger partial charge in [-0.2, -0.15) is 0 Å². The van der Waals surface area contributed by atoms with E-state index in [1.54, 1.807) is 0 Å². The molecule has 0 bridgehead atoms. The van der Waals surface area contributed by atoms with E-state index < -0.39 is 5.97 Å². The molecule has 0 aromatic rings. The van der Waals surface area contributed by atoms with Gasteiger partial charge in [0.25, 0.3) is 0 Å². The SMILES string of the molecule is CN(C)CCN1CC(C(=O)O)CN(C)C(C)(C)C1. The fraction of sp³-hybridized carbons (Fsp3) is 0.923. The van der Waals surface area contributed by atoms with Crippen LogP contribution in [0.5, 0.6) is 0 Å². The van der Waals surface area contributed by atoms with Crippen molar-refractivity contribution in [2.45, 2.75) is 19.4 Å². The average Bonchev–Trinajstić information content (AvgIpc) is 2.34. The zero-order valence-electron chi connectivity index (χ0n) is 12.3. The maximum absolute atomic E-state index is 11.3. The van der Waals surface area contributed by atoms with Crippen molar-refractivity contribution in [1.29, 1.82) is 0 Å². The lowest BCUT2D eigenvalue weighted by atomic mass is 10.0. The van der Waals surface area contributed by atoms with Crippen molar-refractivity contribution in [3.63, 3.8) is 0 Å². The Morgan fingerprint density at radius 1 is 1.39 bits per heavy atom. The Kier molecular flexibility index (Phi) is 5.13. The molecule has 5 nitrogen and oxygen atoms in total. The van der Waals surface area contributed by atoms with Crippen LogP contribution in [-0.2, 0) is 4.79 Å². The molecule has 5 heteroatoms. The third-order valence-corrected chi connectivity index (χ3v) is 3.83. The average molecular weight is 257 g/mol. The predicted octanol–water partition coefficient (Wildman–Crippen LogP) is 0.275. The van der Waals surface area contributed by atoms with E-state index in [1.165, 1.54) is 0 Å². The second kappa shape index (κ2) is 5.99. The summed E-state index contributed by atoms with van der Waals surface area (Å²) in [5.74, 6) is -0.978. The number of aliphatic carboxylic acids is 1. The van der Waals surface area contributed by atoms with Crippen LogP contribution in [-0.4, -0.2) is 85.2 Å². The van der Waals surface area contributed by atoms with Gasteiger partial charge in [0.1, 0.15) is 0 Å². The molecule has 0 saturated carbocycles. The highest BCUT2D eigenvalue weighted by atomic mass is 16.4. The molecular formula is C13H27N3O2. The summed E-state index contributed by atoms with van der Waals surface area (Å²) in [6.45, 7) is 8.44. The molecule has 1 unspecified atom stereocenters. The van der Waals surface area contributed by atoms with Crippen LogP contribution in [0.3, 0.4) is 0 Å². The quantitative estimate of drug-likeness (QED) is 0.783. The van der Waals surface area contributed by atoms with Crippen molar-refractivity contribution in [2.24, 2.45) is 5.92 Å². The molecule has 106 valence electrons. The van der Waals surface area contributed by atoms with Gasteiger partial charge < -0.3 is 10.0 Å². The standard InChI is InChI=1S/C13H27N3O2/c1-13(2)10-16(7-6-14(3)4)9-11(12(17)18)8-15(13)5/h11H,6-10H2,1-5H3,(H,17,18). The number of hydrogen-bond donors (Lipinski definition) is 1. The van der Waals surface area contributed by atoms with E-state index in [9.17, 15) is 9.90 Å². The van der Waals surface area contributed by atoms with Crippen LogP contribution >= 0.6 is 0 Å². The van der Waals surface area contributed by atoms with Gasteiger partial charge in [-0.1, -0.05) is 0 Å². The normalized spacial score (nSPS) is 26.2. The Bertz CT molecular complexity index is 292. The lowest BCUT2D eigenvalue weighted by molar-refractivity contribution is -0.142. The highest BCUT2D eigenvalue weighted by Gasteiger charge is 2.35. The van der Waals surface area contributed by atoms with Crippen molar-refractivity contribution in [3.8, 4) is 0 Å². The first-order chi connectivity index (χ1) is 8.22. The molecule has 1 N–H and O–H groups in total. The second-order valence-electron chi connectivity index (χ2n) is 6.27. The van der Waals surface area contributed by atoms with Crippen LogP contribution in [0.4, 0.5) is 0 Å². The van der Waals surface area contributed by atoms with E-state index in [0.29, 0.717) is 13.1 Å². The summed E-state index contributed by atoms with van der Waals surface area (Å²) in [6.07, 6.45) is 0. The first kappa shape index (κ1) is 15.4. The van der Waals surface area contributed by atoms with E-state index in [0.717, 1.165) is 19.6 Å². The fourth-order valence-corrected chi connectivity index (χ4v) is 2.35. The Balaban J connectivity index is 2.73. The van der Waals surface area contributed by atoms with Crippen LogP contribution in [0, 0.1) is 5.92 Å². The molecule has 18 heavy (non-hydrogen) atoms. The van der Waals surface area contributed by atoms with Gasteiger partial charge in [-0.3, -0.25) is 14.6 Å². The molecule has 1 fully saturated rings. The first-order valence-electron chi connectivity index (χ1n) is 6.53. The number of carboxylic acids is 1. The second-order valence-corrected chi connectivity index (χ2v) is 6.27. The molecule has 1 atom stereocenters. The highest BCUT2D eigenvalue weighted by Crippen LogP contribution is 2.21. The van der Waals surface area contributed by atoms with E-state index in [2.05, 4.69) is 28.5 Å². The largest absolute Gasteiger partial charge is 0.481 e. The molecule has 0 spiro atoms. The molecule has 0 aliphatic carbocycles. The Morgan fingerprint density at radius 3 is 2.50 bits per heavy atom. The summed E-state index contributed by atoms with van der Waals surface area (Å²) in [6, 6.07) is 0. The minimum Gasteiger partial charge on any atom is -0.481 e. The molecule has 1 saturated heterocycles. The van der Waals surface area contributed by atoms with Crippen LogP contribution in [0.25, 0.3) is 0 Å². The van der Waals surface area contributed by atoms with Gasteiger partial charge in [-0.25, -0.2) is 0 Å². The fourth-order valence-electron chi connectivity index (χ4n) is 2.35.